The molecule has 0 saturated heterocycles. The van der Waals surface area contributed by atoms with E-state index in [1.807, 2.05) is 0 Å². The molecule has 0 unspecified atom stereocenters. The van der Waals surface area contributed by atoms with Crippen LogP contribution in [0.3, 0.4) is 0 Å². The maximum atomic E-state index is 12.2. The van der Waals surface area contributed by atoms with Gasteiger partial charge in [0.05, 0.1) is 5.02 Å². The number of hydrogen-bond donors (Lipinski definition) is 0. The maximum absolute atomic E-state index is 12.2. The second-order valence-electron chi connectivity index (χ2n) is 4.06. The van der Waals surface area contributed by atoms with Crippen LogP contribution in [0, 0.1) is 0 Å². The predicted octanol–water partition coefficient (Wildman–Crippen LogP) is 4.64. The lowest BCUT2D eigenvalue weighted by Crippen LogP contribution is -2.23. The third-order valence-electron chi connectivity index (χ3n) is 2.64. The highest BCUT2D eigenvalue weighted by Crippen LogP contribution is 2.25. The number of carbonyl (C=O) groups excluding carboxylic acids is 1. The van der Waals surface area contributed by atoms with Gasteiger partial charge in [0.15, 0.2) is 6.10 Å². The molecule has 0 heterocycles. The van der Waals surface area contributed by atoms with Crippen LogP contribution in [-0.2, 0) is 0 Å². The van der Waals surface area contributed by atoms with Gasteiger partial charge < -0.3 is 4.74 Å². The van der Waals surface area contributed by atoms with Crippen molar-refractivity contribution in [1.29, 1.82) is 0 Å². The minimum atomic E-state index is -0.610. The standard InChI is InChI=1S/C15H12Cl2O2/c1-10(19-14-5-3-2-4-13(14)17)15(18)11-6-8-12(16)9-7-11/h2-10H,1H3/t10-/m0/s1. The average Bonchev–Trinajstić information content (AvgIpc) is 2.41. The number of para-hydroxylation sites is 1. The average molecular weight is 295 g/mol. The van der Waals surface area contributed by atoms with Gasteiger partial charge >= 0.3 is 0 Å². The molecule has 0 aliphatic heterocycles. The number of ketones is 1. The Bertz CT molecular complexity index is 579. The van der Waals surface area contributed by atoms with Crippen LogP contribution in [0.2, 0.25) is 10.0 Å². The van der Waals surface area contributed by atoms with Gasteiger partial charge in [0.25, 0.3) is 0 Å². The molecule has 0 aliphatic rings. The van der Waals surface area contributed by atoms with Gasteiger partial charge in [0, 0.05) is 10.6 Å². The largest absolute Gasteiger partial charge is 0.481 e. The number of halogens is 2. The first-order chi connectivity index (χ1) is 9.08. The van der Waals surface area contributed by atoms with Gasteiger partial charge in [-0.2, -0.15) is 0 Å². The molecular weight excluding hydrogens is 283 g/mol. The molecule has 2 rings (SSSR count). The molecule has 2 nitrogen and oxygen atoms in total. The Labute approximate surface area is 121 Å². The van der Waals surface area contributed by atoms with Gasteiger partial charge in [-0.25, -0.2) is 0 Å². The number of benzene rings is 2. The van der Waals surface area contributed by atoms with Gasteiger partial charge in [-0.3, -0.25) is 4.79 Å². The summed E-state index contributed by atoms with van der Waals surface area (Å²) in [7, 11) is 0. The summed E-state index contributed by atoms with van der Waals surface area (Å²) in [4.78, 5) is 12.2. The number of carbonyl (C=O) groups is 1. The number of rotatable bonds is 4. The van der Waals surface area contributed by atoms with Crippen LogP contribution in [0.1, 0.15) is 17.3 Å². The van der Waals surface area contributed by atoms with Gasteiger partial charge in [0.2, 0.25) is 5.78 Å². The van der Waals surface area contributed by atoms with E-state index in [1.165, 1.54) is 0 Å². The highest BCUT2D eigenvalue weighted by Gasteiger charge is 2.17. The summed E-state index contributed by atoms with van der Waals surface area (Å²) in [6, 6.07) is 13.8. The molecule has 1 atom stereocenters. The van der Waals surface area contributed by atoms with Crippen molar-refractivity contribution in [3.63, 3.8) is 0 Å². The van der Waals surface area contributed by atoms with E-state index in [1.54, 1.807) is 55.5 Å². The van der Waals surface area contributed by atoms with E-state index in [4.69, 9.17) is 27.9 Å². The molecule has 0 bridgehead atoms. The molecule has 2 aromatic carbocycles. The van der Waals surface area contributed by atoms with Gasteiger partial charge in [-0.1, -0.05) is 35.3 Å². The minimum Gasteiger partial charge on any atom is -0.481 e. The Morgan fingerprint density at radius 3 is 2.32 bits per heavy atom. The third-order valence-corrected chi connectivity index (χ3v) is 3.20. The molecule has 0 radical (unpaired) electrons. The molecule has 0 N–H and O–H groups in total. The summed E-state index contributed by atoms with van der Waals surface area (Å²) in [6.45, 7) is 1.69. The minimum absolute atomic E-state index is 0.114. The second-order valence-corrected chi connectivity index (χ2v) is 4.91. The summed E-state index contributed by atoms with van der Waals surface area (Å²) >= 11 is 11.8. The van der Waals surface area contributed by atoms with Crippen molar-refractivity contribution in [2.75, 3.05) is 0 Å². The molecule has 0 fully saturated rings. The van der Waals surface area contributed by atoms with Gasteiger partial charge in [-0.15, -0.1) is 0 Å². The van der Waals surface area contributed by atoms with Crippen molar-refractivity contribution in [3.8, 4) is 5.75 Å². The fourth-order valence-electron chi connectivity index (χ4n) is 1.63. The van der Waals surface area contributed by atoms with Crippen molar-refractivity contribution in [3.05, 3.63) is 64.1 Å². The van der Waals surface area contributed by atoms with Crippen molar-refractivity contribution in [1.82, 2.24) is 0 Å². The first-order valence-electron chi connectivity index (χ1n) is 5.79. The summed E-state index contributed by atoms with van der Waals surface area (Å²) in [5, 5.41) is 1.08. The smallest absolute Gasteiger partial charge is 0.202 e. The van der Waals surface area contributed by atoms with E-state index < -0.39 is 6.10 Å². The highest BCUT2D eigenvalue weighted by molar-refractivity contribution is 6.32. The predicted molar refractivity (Wildman–Crippen MR) is 77.3 cm³/mol. The molecule has 2 aromatic rings. The van der Waals surface area contributed by atoms with Gasteiger partial charge in [-0.05, 0) is 43.3 Å². The lowest BCUT2D eigenvalue weighted by atomic mass is 10.1. The number of Topliss-reactive ketones (excluding diaryl/α,β-unsaturated/α-hetero) is 1. The fourth-order valence-corrected chi connectivity index (χ4v) is 1.94. The molecule has 19 heavy (non-hydrogen) atoms. The van der Waals surface area contributed by atoms with E-state index in [2.05, 4.69) is 0 Å². The quantitative estimate of drug-likeness (QED) is 0.768. The Balaban J connectivity index is 2.12. The monoisotopic (exact) mass is 294 g/mol. The molecular formula is C15H12Cl2O2. The first kappa shape index (κ1) is 13.9. The molecule has 0 saturated carbocycles. The summed E-state index contributed by atoms with van der Waals surface area (Å²) in [6.07, 6.45) is -0.610. The van der Waals surface area contributed by atoms with Gasteiger partial charge in [0.1, 0.15) is 5.75 Å². The van der Waals surface area contributed by atoms with E-state index in [0.717, 1.165) is 0 Å². The van der Waals surface area contributed by atoms with Crippen molar-refractivity contribution >= 4 is 29.0 Å². The fraction of sp³-hybridized carbons (Fsp3) is 0.133. The van der Waals surface area contributed by atoms with Crippen LogP contribution in [-0.4, -0.2) is 11.9 Å². The lowest BCUT2D eigenvalue weighted by molar-refractivity contribution is 0.0818. The maximum Gasteiger partial charge on any atom is 0.202 e. The van der Waals surface area contributed by atoms with Crippen molar-refractivity contribution in [2.24, 2.45) is 0 Å². The van der Waals surface area contributed by atoms with Crippen LogP contribution >= 0.6 is 23.2 Å². The molecule has 0 aromatic heterocycles. The number of hydrogen-bond acceptors (Lipinski definition) is 2. The van der Waals surface area contributed by atoms with Crippen LogP contribution in [0.5, 0.6) is 5.75 Å². The zero-order chi connectivity index (χ0) is 13.8. The Morgan fingerprint density at radius 2 is 1.68 bits per heavy atom. The second kappa shape index (κ2) is 6.09. The zero-order valence-corrected chi connectivity index (χ0v) is 11.8. The van der Waals surface area contributed by atoms with Crippen LogP contribution in [0.15, 0.2) is 48.5 Å². The van der Waals surface area contributed by atoms with Crippen LogP contribution < -0.4 is 4.74 Å². The molecule has 4 heteroatoms. The number of ether oxygens (including phenoxy) is 1. The van der Waals surface area contributed by atoms with E-state index in [0.29, 0.717) is 21.4 Å². The van der Waals surface area contributed by atoms with E-state index in [-0.39, 0.29) is 5.78 Å². The van der Waals surface area contributed by atoms with Crippen LogP contribution in [0.4, 0.5) is 0 Å². The molecule has 0 aliphatic carbocycles. The Kier molecular flexibility index (Phi) is 4.46. The Hall–Kier alpha value is -1.51. The molecule has 98 valence electrons. The lowest BCUT2D eigenvalue weighted by Gasteiger charge is -2.14. The summed E-state index contributed by atoms with van der Waals surface area (Å²) < 4.78 is 5.58. The SMILES string of the molecule is C[C@H](Oc1ccccc1Cl)C(=O)c1ccc(Cl)cc1. The van der Waals surface area contributed by atoms with Crippen LogP contribution in [0.25, 0.3) is 0 Å². The topological polar surface area (TPSA) is 26.3 Å². The summed E-state index contributed by atoms with van der Waals surface area (Å²) in [5.74, 6) is 0.385. The molecule has 0 amide bonds. The summed E-state index contributed by atoms with van der Waals surface area (Å²) in [5.41, 5.74) is 0.559. The zero-order valence-electron chi connectivity index (χ0n) is 10.3. The van der Waals surface area contributed by atoms with E-state index in [9.17, 15) is 4.79 Å². The van der Waals surface area contributed by atoms with Crippen molar-refractivity contribution < 1.29 is 9.53 Å². The van der Waals surface area contributed by atoms with Crippen molar-refractivity contribution in [2.45, 2.75) is 13.0 Å². The first-order valence-corrected chi connectivity index (χ1v) is 6.54. The Morgan fingerprint density at radius 1 is 1.05 bits per heavy atom. The third kappa shape index (κ3) is 3.49. The normalized spacial score (nSPS) is 11.9. The van der Waals surface area contributed by atoms with E-state index >= 15 is 0 Å². The molecule has 0 spiro atoms. The highest BCUT2D eigenvalue weighted by atomic mass is 35.5.